The molecule has 0 unspecified atom stereocenters. The SMILES string of the molecule is CCc1cnc(N2CCN(C(=O)C3(N)CCCC3)CC2)s1.Cl.Cl. The molecule has 1 saturated carbocycles. The molecule has 2 N–H and O–H groups in total. The molecule has 5 nitrogen and oxygen atoms in total. The van der Waals surface area contributed by atoms with Gasteiger partial charge in [0.25, 0.3) is 0 Å². The van der Waals surface area contributed by atoms with Gasteiger partial charge in [-0.3, -0.25) is 4.79 Å². The maximum absolute atomic E-state index is 12.6. The Bertz CT molecular complexity index is 511. The lowest BCUT2D eigenvalue weighted by molar-refractivity contribution is -0.137. The minimum absolute atomic E-state index is 0. The number of carbonyl (C=O) groups is 1. The molecule has 0 radical (unpaired) electrons. The van der Waals surface area contributed by atoms with Crippen LogP contribution in [0.15, 0.2) is 6.20 Å². The van der Waals surface area contributed by atoms with Crippen LogP contribution in [0.1, 0.15) is 37.5 Å². The summed E-state index contributed by atoms with van der Waals surface area (Å²) in [6, 6.07) is 0. The van der Waals surface area contributed by atoms with E-state index < -0.39 is 5.54 Å². The number of halogens is 2. The molecule has 0 spiro atoms. The summed E-state index contributed by atoms with van der Waals surface area (Å²) in [5.41, 5.74) is 5.70. The van der Waals surface area contributed by atoms with Crippen molar-refractivity contribution >= 4 is 47.2 Å². The summed E-state index contributed by atoms with van der Waals surface area (Å²) in [6.45, 7) is 5.39. The maximum Gasteiger partial charge on any atom is 0.242 e. The van der Waals surface area contributed by atoms with Crippen molar-refractivity contribution in [2.45, 2.75) is 44.6 Å². The Morgan fingerprint density at radius 2 is 1.87 bits per heavy atom. The fourth-order valence-corrected chi connectivity index (χ4v) is 4.14. The van der Waals surface area contributed by atoms with Crippen LogP contribution in [0.3, 0.4) is 0 Å². The smallest absolute Gasteiger partial charge is 0.242 e. The summed E-state index contributed by atoms with van der Waals surface area (Å²) in [5.74, 6) is 0.160. The molecule has 2 heterocycles. The van der Waals surface area contributed by atoms with Crippen LogP contribution in [0.4, 0.5) is 5.13 Å². The number of hydrogen-bond acceptors (Lipinski definition) is 5. The number of aromatic nitrogens is 1. The number of nitrogens with two attached hydrogens (primary N) is 1. The van der Waals surface area contributed by atoms with Gasteiger partial charge in [0.05, 0.1) is 5.54 Å². The average Bonchev–Trinajstić information content (AvgIpc) is 3.16. The van der Waals surface area contributed by atoms with E-state index in [2.05, 4.69) is 16.8 Å². The first-order chi connectivity index (χ1) is 10.1. The third kappa shape index (κ3) is 4.29. The van der Waals surface area contributed by atoms with Crippen LogP contribution in [0.2, 0.25) is 0 Å². The van der Waals surface area contributed by atoms with E-state index in [-0.39, 0.29) is 30.7 Å². The van der Waals surface area contributed by atoms with Gasteiger partial charge >= 0.3 is 0 Å². The molecular weight excluding hydrogens is 355 g/mol. The Labute approximate surface area is 154 Å². The Morgan fingerprint density at radius 3 is 2.39 bits per heavy atom. The minimum Gasteiger partial charge on any atom is -0.345 e. The van der Waals surface area contributed by atoms with Gasteiger partial charge in [-0.05, 0) is 19.3 Å². The van der Waals surface area contributed by atoms with E-state index in [0.29, 0.717) is 0 Å². The summed E-state index contributed by atoms with van der Waals surface area (Å²) in [4.78, 5) is 22.6. The van der Waals surface area contributed by atoms with Crippen LogP contribution in [0.25, 0.3) is 0 Å². The number of thiazole rings is 1. The zero-order valence-corrected chi connectivity index (χ0v) is 15.9. The largest absolute Gasteiger partial charge is 0.345 e. The highest BCUT2D eigenvalue weighted by Gasteiger charge is 2.40. The molecule has 2 fully saturated rings. The lowest BCUT2D eigenvalue weighted by atomic mass is 9.97. The summed E-state index contributed by atoms with van der Waals surface area (Å²) in [7, 11) is 0. The van der Waals surface area contributed by atoms with E-state index in [1.165, 1.54) is 4.88 Å². The monoisotopic (exact) mass is 380 g/mol. The second-order valence-electron chi connectivity index (χ2n) is 6.11. The number of rotatable bonds is 3. The van der Waals surface area contributed by atoms with Gasteiger partial charge in [0.15, 0.2) is 5.13 Å². The molecule has 1 aromatic heterocycles. The molecule has 1 aliphatic carbocycles. The standard InChI is InChI=1S/C15H24N4OS.2ClH/c1-2-12-11-17-14(21-12)19-9-7-18(8-10-19)13(20)15(16)5-3-4-6-15;;/h11H,2-10,16H2,1H3;2*1H. The third-order valence-corrected chi connectivity index (χ3v) is 5.85. The number of nitrogens with zero attached hydrogens (tertiary/aromatic N) is 3. The molecule has 2 aliphatic rings. The zero-order valence-electron chi connectivity index (χ0n) is 13.5. The highest BCUT2D eigenvalue weighted by molar-refractivity contribution is 7.15. The quantitative estimate of drug-likeness (QED) is 0.874. The molecule has 1 aliphatic heterocycles. The van der Waals surface area contributed by atoms with Crippen LogP contribution in [-0.2, 0) is 11.2 Å². The zero-order chi connectivity index (χ0) is 14.9. The first-order valence-corrected chi connectivity index (χ1v) is 8.72. The van der Waals surface area contributed by atoms with Crippen molar-refractivity contribution in [3.63, 3.8) is 0 Å². The molecule has 132 valence electrons. The number of hydrogen-bond donors (Lipinski definition) is 1. The van der Waals surface area contributed by atoms with E-state index >= 15 is 0 Å². The topological polar surface area (TPSA) is 62.5 Å². The molecule has 0 bridgehead atoms. The molecule has 23 heavy (non-hydrogen) atoms. The van der Waals surface area contributed by atoms with Gasteiger partial charge < -0.3 is 15.5 Å². The second kappa shape index (κ2) is 8.51. The predicted octanol–water partition coefficient (Wildman–Crippen LogP) is 2.47. The van der Waals surface area contributed by atoms with Crippen molar-refractivity contribution in [1.29, 1.82) is 0 Å². The maximum atomic E-state index is 12.6. The van der Waals surface area contributed by atoms with Gasteiger partial charge in [-0.2, -0.15) is 0 Å². The molecule has 0 atom stereocenters. The highest BCUT2D eigenvalue weighted by atomic mass is 35.5. The lowest BCUT2D eigenvalue weighted by Crippen LogP contribution is -2.58. The summed E-state index contributed by atoms with van der Waals surface area (Å²) in [5, 5.41) is 1.09. The number of piperazine rings is 1. The van der Waals surface area contributed by atoms with Crippen LogP contribution in [-0.4, -0.2) is 47.5 Å². The minimum atomic E-state index is -0.585. The van der Waals surface area contributed by atoms with E-state index in [1.54, 1.807) is 11.3 Å². The van der Waals surface area contributed by atoms with Crippen LogP contribution in [0.5, 0.6) is 0 Å². The third-order valence-electron chi connectivity index (χ3n) is 4.65. The van der Waals surface area contributed by atoms with Gasteiger partial charge in [0.1, 0.15) is 0 Å². The number of anilines is 1. The fourth-order valence-electron chi connectivity index (χ4n) is 3.24. The Balaban J connectivity index is 0.00000132. The highest BCUT2D eigenvalue weighted by Crippen LogP contribution is 2.30. The average molecular weight is 381 g/mol. The predicted molar refractivity (Wildman–Crippen MR) is 100 cm³/mol. The van der Waals surface area contributed by atoms with Crippen LogP contribution >= 0.6 is 36.2 Å². The summed E-state index contributed by atoms with van der Waals surface area (Å²) < 4.78 is 0. The molecule has 1 saturated heterocycles. The lowest BCUT2D eigenvalue weighted by Gasteiger charge is -2.38. The molecule has 1 amide bonds. The Kier molecular flexibility index (Phi) is 7.58. The van der Waals surface area contributed by atoms with Gasteiger partial charge in [0.2, 0.25) is 5.91 Å². The Morgan fingerprint density at radius 1 is 1.26 bits per heavy atom. The van der Waals surface area contributed by atoms with Gasteiger partial charge in [0, 0.05) is 37.3 Å². The van der Waals surface area contributed by atoms with E-state index in [9.17, 15) is 4.79 Å². The van der Waals surface area contributed by atoms with Crippen molar-refractivity contribution < 1.29 is 4.79 Å². The van der Waals surface area contributed by atoms with Crippen LogP contribution in [0, 0.1) is 0 Å². The number of carbonyl (C=O) groups excluding carboxylic acids is 1. The van der Waals surface area contributed by atoms with Gasteiger partial charge in [-0.25, -0.2) is 4.98 Å². The molecule has 1 aromatic rings. The van der Waals surface area contributed by atoms with E-state index in [4.69, 9.17) is 5.73 Å². The normalized spacial score (nSPS) is 19.9. The van der Waals surface area contributed by atoms with E-state index in [0.717, 1.165) is 63.4 Å². The molecule has 0 aromatic carbocycles. The van der Waals surface area contributed by atoms with Crippen molar-refractivity contribution in [2.24, 2.45) is 5.73 Å². The van der Waals surface area contributed by atoms with Gasteiger partial charge in [-0.1, -0.05) is 19.8 Å². The first kappa shape index (κ1) is 20.5. The van der Waals surface area contributed by atoms with Crippen molar-refractivity contribution in [2.75, 3.05) is 31.1 Å². The molecule has 3 rings (SSSR count). The second-order valence-corrected chi connectivity index (χ2v) is 7.20. The Hall–Kier alpha value is -0.560. The van der Waals surface area contributed by atoms with Gasteiger partial charge in [-0.15, -0.1) is 36.2 Å². The number of aryl methyl sites for hydroxylation is 1. The fraction of sp³-hybridized carbons (Fsp3) is 0.733. The molecular formula is C15H26Cl2N4OS. The van der Waals surface area contributed by atoms with Crippen molar-refractivity contribution in [3.8, 4) is 0 Å². The van der Waals surface area contributed by atoms with E-state index in [1.807, 2.05) is 11.1 Å². The van der Waals surface area contributed by atoms with Crippen LogP contribution < -0.4 is 10.6 Å². The summed E-state index contributed by atoms with van der Waals surface area (Å²) in [6.07, 6.45) is 6.86. The van der Waals surface area contributed by atoms with Crippen molar-refractivity contribution in [1.82, 2.24) is 9.88 Å². The summed E-state index contributed by atoms with van der Waals surface area (Å²) >= 11 is 1.76. The number of amides is 1. The molecule has 8 heteroatoms. The van der Waals surface area contributed by atoms with Crippen molar-refractivity contribution in [3.05, 3.63) is 11.1 Å². The first-order valence-electron chi connectivity index (χ1n) is 7.90.